The Morgan fingerprint density at radius 2 is 2.13 bits per heavy atom. The molecule has 0 bridgehead atoms. The first-order valence-electron chi connectivity index (χ1n) is 6.41. The summed E-state index contributed by atoms with van der Waals surface area (Å²) in [5.74, 6) is -0.128. The maximum absolute atomic E-state index is 12.7. The van der Waals surface area contributed by atoms with Gasteiger partial charge in [-0.15, -0.1) is 10.2 Å². The Bertz CT molecular complexity index is 706. The molecule has 1 N–H and O–H groups in total. The van der Waals surface area contributed by atoms with Crippen LogP contribution in [0.1, 0.15) is 18.4 Å². The van der Waals surface area contributed by atoms with Gasteiger partial charge in [-0.2, -0.15) is 13.2 Å². The second kappa shape index (κ2) is 7.22. The SMILES string of the molecule is CCc1nnc(SCC(=O)Nc2ccc(Cl)c(C(F)(F)F)c2)o1. The van der Waals surface area contributed by atoms with Crippen molar-refractivity contribution >= 4 is 35.0 Å². The summed E-state index contributed by atoms with van der Waals surface area (Å²) in [4.78, 5) is 11.8. The van der Waals surface area contributed by atoms with E-state index in [0.29, 0.717) is 12.3 Å². The molecule has 0 aliphatic heterocycles. The van der Waals surface area contributed by atoms with Crippen molar-refractivity contribution in [2.75, 3.05) is 11.1 Å². The lowest BCUT2D eigenvalue weighted by molar-refractivity contribution is -0.137. The summed E-state index contributed by atoms with van der Waals surface area (Å²) in [7, 11) is 0. The Morgan fingerprint density at radius 1 is 1.39 bits per heavy atom. The van der Waals surface area contributed by atoms with E-state index in [0.717, 1.165) is 23.9 Å². The molecular weight excluding hydrogens is 355 g/mol. The van der Waals surface area contributed by atoms with Crippen molar-refractivity contribution in [1.82, 2.24) is 10.2 Å². The number of benzene rings is 1. The minimum Gasteiger partial charge on any atom is -0.416 e. The number of amides is 1. The fourth-order valence-corrected chi connectivity index (χ4v) is 2.39. The lowest BCUT2D eigenvalue weighted by Gasteiger charge is -2.11. The molecule has 0 spiro atoms. The molecule has 2 rings (SSSR count). The number of aryl methyl sites for hydroxylation is 1. The van der Waals surface area contributed by atoms with Crippen molar-refractivity contribution < 1.29 is 22.4 Å². The number of rotatable bonds is 5. The van der Waals surface area contributed by atoms with Crippen LogP contribution in [0.2, 0.25) is 5.02 Å². The first kappa shape index (κ1) is 17.6. The topological polar surface area (TPSA) is 68.0 Å². The smallest absolute Gasteiger partial charge is 0.416 e. The van der Waals surface area contributed by atoms with E-state index in [1.165, 1.54) is 6.07 Å². The highest BCUT2D eigenvalue weighted by Gasteiger charge is 2.33. The summed E-state index contributed by atoms with van der Waals surface area (Å²) in [6.07, 6.45) is -4.02. The number of halogens is 4. The standard InChI is InChI=1S/C13H11ClF3N3O2S/c1-2-11-19-20-12(22-11)23-6-10(21)18-7-3-4-9(14)8(5-7)13(15,16)17/h3-5H,2,6H2,1H3,(H,18,21). The molecule has 0 saturated heterocycles. The highest BCUT2D eigenvalue weighted by Crippen LogP contribution is 2.36. The minimum absolute atomic E-state index is 0.00658. The van der Waals surface area contributed by atoms with Gasteiger partial charge in [0.15, 0.2) is 0 Å². The van der Waals surface area contributed by atoms with Gasteiger partial charge in [-0.05, 0) is 18.2 Å². The molecule has 0 saturated carbocycles. The van der Waals surface area contributed by atoms with Crippen LogP contribution >= 0.6 is 23.4 Å². The Morgan fingerprint density at radius 3 is 2.74 bits per heavy atom. The van der Waals surface area contributed by atoms with Gasteiger partial charge in [-0.1, -0.05) is 30.3 Å². The van der Waals surface area contributed by atoms with Gasteiger partial charge >= 0.3 is 6.18 Å². The maximum atomic E-state index is 12.7. The molecule has 0 aliphatic rings. The van der Waals surface area contributed by atoms with Gasteiger partial charge in [-0.3, -0.25) is 4.79 Å². The zero-order chi connectivity index (χ0) is 17.0. The van der Waals surface area contributed by atoms with Gasteiger partial charge in [0.1, 0.15) is 0 Å². The third-order valence-corrected chi connectivity index (χ3v) is 3.78. The van der Waals surface area contributed by atoms with E-state index in [4.69, 9.17) is 16.0 Å². The van der Waals surface area contributed by atoms with Crippen molar-refractivity contribution in [2.24, 2.45) is 0 Å². The number of carbonyl (C=O) groups is 1. The van der Waals surface area contributed by atoms with Gasteiger partial charge in [0.25, 0.3) is 5.22 Å². The molecule has 0 radical (unpaired) electrons. The molecule has 5 nitrogen and oxygen atoms in total. The fraction of sp³-hybridized carbons (Fsp3) is 0.308. The Labute approximate surface area is 138 Å². The summed E-state index contributed by atoms with van der Waals surface area (Å²) in [6, 6.07) is 3.16. The number of anilines is 1. The number of hydrogen-bond donors (Lipinski definition) is 1. The third kappa shape index (κ3) is 4.87. The number of hydrogen-bond acceptors (Lipinski definition) is 5. The molecule has 0 aliphatic carbocycles. The van der Waals surface area contributed by atoms with Crippen LogP contribution in [0, 0.1) is 0 Å². The zero-order valence-electron chi connectivity index (χ0n) is 11.8. The average Bonchev–Trinajstić information content (AvgIpc) is 2.94. The molecule has 1 amide bonds. The summed E-state index contributed by atoms with van der Waals surface area (Å²) in [5.41, 5.74) is -0.999. The van der Waals surface area contributed by atoms with Gasteiger partial charge in [0.05, 0.1) is 16.3 Å². The van der Waals surface area contributed by atoms with Gasteiger partial charge in [-0.25, -0.2) is 0 Å². The molecule has 23 heavy (non-hydrogen) atoms. The van der Waals surface area contributed by atoms with Crippen LogP contribution in [0.5, 0.6) is 0 Å². The number of nitrogens with one attached hydrogen (secondary N) is 1. The number of alkyl halides is 3. The van der Waals surface area contributed by atoms with Gasteiger partial charge < -0.3 is 9.73 Å². The van der Waals surface area contributed by atoms with E-state index < -0.39 is 22.7 Å². The van der Waals surface area contributed by atoms with E-state index in [9.17, 15) is 18.0 Å². The van der Waals surface area contributed by atoms with Crippen LogP contribution in [-0.4, -0.2) is 21.9 Å². The van der Waals surface area contributed by atoms with Crippen LogP contribution in [0.4, 0.5) is 18.9 Å². The fourth-order valence-electron chi connectivity index (χ4n) is 1.58. The highest BCUT2D eigenvalue weighted by atomic mass is 35.5. The van der Waals surface area contributed by atoms with Crippen LogP contribution in [0.3, 0.4) is 0 Å². The van der Waals surface area contributed by atoms with Crippen LogP contribution in [0.15, 0.2) is 27.8 Å². The summed E-state index contributed by atoms with van der Waals surface area (Å²) in [5, 5.41) is 9.62. The predicted molar refractivity (Wildman–Crippen MR) is 79.5 cm³/mol. The number of aromatic nitrogens is 2. The number of thioether (sulfide) groups is 1. The molecule has 1 aromatic heterocycles. The lowest BCUT2D eigenvalue weighted by Crippen LogP contribution is -2.15. The van der Waals surface area contributed by atoms with Crippen molar-refractivity contribution in [3.63, 3.8) is 0 Å². The number of carbonyl (C=O) groups excluding carboxylic acids is 1. The molecular formula is C13H11ClF3N3O2S. The third-order valence-electron chi connectivity index (χ3n) is 2.63. The van der Waals surface area contributed by atoms with Crippen LogP contribution < -0.4 is 5.32 Å². The zero-order valence-corrected chi connectivity index (χ0v) is 13.3. The van der Waals surface area contributed by atoms with Crippen LogP contribution in [-0.2, 0) is 17.4 Å². The average molecular weight is 366 g/mol. The quantitative estimate of drug-likeness (QED) is 0.810. The molecule has 10 heteroatoms. The monoisotopic (exact) mass is 365 g/mol. The molecule has 1 heterocycles. The number of nitrogens with zero attached hydrogens (tertiary/aromatic N) is 2. The Balaban J connectivity index is 1.97. The molecule has 0 fully saturated rings. The van der Waals surface area contributed by atoms with Crippen molar-refractivity contribution in [2.45, 2.75) is 24.7 Å². The minimum atomic E-state index is -4.59. The van der Waals surface area contributed by atoms with Gasteiger partial charge in [0.2, 0.25) is 11.8 Å². The van der Waals surface area contributed by atoms with Crippen molar-refractivity contribution in [3.8, 4) is 0 Å². The van der Waals surface area contributed by atoms with E-state index in [1.54, 1.807) is 0 Å². The van der Waals surface area contributed by atoms with E-state index >= 15 is 0 Å². The normalized spacial score (nSPS) is 11.5. The van der Waals surface area contributed by atoms with Crippen molar-refractivity contribution in [3.05, 3.63) is 34.7 Å². The molecule has 0 atom stereocenters. The Kier molecular flexibility index (Phi) is 5.53. The largest absolute Gasteiger partial charge is 0.417 e. The summed E-state index contributed by atoms with van der Waals surface area (Å²) < 4.78 is 43.4. The second-order valence-corrected chi connectivity index (χ2v) is 5.68. The Hall–Kier alpha value is -1.74. The first-order valence-corrected chi connectivity index (χ1v) is 7.77. The lowest BCUT2D eigenvalue weighted by atomic mass is 10.2. The summed E-state index contributed by atoms with van der Waals surface area (Å²) >= 11 is 6.51. The maximum Gasteiger partial charge on any atom is 0.417 e. The van der Waals surface area contributed by atoms with E-state index in [1.807, 2.05) is 6.92 Å². The van der Waals surface area contributed by atoms with Gasteiger partial charge in [0, 0.05) is 12.1 Å². The van der Waals surface area contributed by atoms with Crippen LogP contribution in [0.25, 0.3) is 0 Å². The highest BCUT2D eigenvalue weighted by molar-refractivity contribution is 7.99. The second-order valence-electron chi connectivity index (χ2n) is 4.34. The molecule has 2 aromatic rings. The van der Waals surface area contributed by atoms with E-state index in [2.05, 4.69) is 15.5 Å². The molecule has 0 unspecified atom stereocenters. The molecule has 124 valence electrons. The summed E-state index contributed by atoms with van der Waals surface area (Å²) in [6.45, 7) is 1.84. The first-order chi connectivity index (χ1) is 10.8. The molecule has 1 aromatic carbocycles. The van der Waals surface area contributed by atoms with Crippen molar-refractivity contribution in [1.29, 1.82) is 0 Å². The van der Waals surface area contributed by atoms with E-state index in [-0.39, 0.29) is 16.7 Å². The predicted octanol–water partition coefficient (Wildman–Crippen LogP) is 4.04.